The molecule has 31 heavy (non-hydrogen) atoms. The highest BCUT2D eigenvalue weighted by Crippen LogP contribution is 2.29. The molecular formula is C24H21N5OS. The maximum Gasteiger partial charge on any atom is 0.237 e. The number of hydrogen-bond acceptors (Lipinski definition) is 5. The van der Waals surface area contributed by atoms with Crippen molar-refractivity contribution in [3.8, 4) is 0 Å². The summed E-state index contributed by atoms with van der Waals surface area (Å²) in [5.74, 6) is -0.0652. The molecule has 5 aromatic rings. The third-order valence-electron chi connectivity index (χ3n) is 5.45. The number of aryl methyl sites for hydroxylation is 1. The maximum atomic E-state index is 13.1. The lowest BCUT2D eigenvalue weighted by Crippen LogP contribution is -2.25. The monoisotopic (exact) mass is 427 g/mol. The molecule has 0 saturated carbocycles. The molecule has 0 aliphatic carbocycles. The predicted octanol–water partition coefficient (Wildman–Crippen LogP) is 5.18. The largest absolute Gasteiger partial charge is 0.327 e. The third-order valence-corrected chi connectivity index (χ3v) is 6.66. The van der Waals surface area contributed by atoms with Crippen molar-refractivity contribution >= 4 is 56.2 Å². The van der Waals surface area contributed by atoms with E-state index in [1.54, 1.807) is 0 Å². The summed E-state index contributed by atoms with van der Waals surface area (Å²) >= 11 is 1.34. The second-order valence-corrected chi connectivity index (χ2v) is 8.54. The van der Waals surface area contributed by atoms with Crippen LogP contribution in [0.15, 0.2) is 71.9 Å². The van der Waals surface area contributed by atoms with E-state index in [0.717, 1.165) is 38.5 Å². The van der Waals surface area contributed by atoms with Crippen LogP contribution in [0.3, 0.4) is 0 Å². The smallest absolute Gasteiger partial charge is 0.237 e. The van der Waals surface area contributed by atoms with Gasteiger partial charge in [0, 0.05) is 23.5 Å². The highest BCUT2D eigenvalue weighted by molar-refractivity contribution is 8.00. The minimum absolute atomic E-state index is 0.0652. The van der Waals surface area contributed by atoms with Crippen molar-refractivity contribution in [2.24, 2.45) is 7.05 Å². The number of carbonyl (C=O) groups excluding carboxylic acids is 1. The second-order valence-electron chi connectivity index (χ2n) is 7.37. The Bertz CT molecular complexity index is 1420. The minimum Gasteiger partial charge on any atom is -0.327 e. The Labute approximate surface area is 183 Å². The number of benzene rings is 3. The Morgan fingerprint density at radius 1 is 1.00 bits per heavy atom. The average molecular weight is 428 g/mol. The van der Waals surface area contributed by atoms with E-state index >= 15 is 0 Å². The fourth-order valence-corrected chi connectivity index (χ4v) is 4.65. The zero-order valence-electron chi connectivity index (χ0n) is 17.2. The molecule has 5 rings (SSSR count). The number of para-hydroxylation sites is 1. The normalized spacial score (nSPS) is 12.5. The summed E-state index contributed by atoms with van der Waals surface area (Å²) in [7, 11) is 1.97. The van der Waals surface area contributed by atoms with Crippen LogP contribution in [-0.4, -0.2) is 30.9 Å². The van der Waals surface area contributed by atoms with Crippen molar-refractivity contribution in [3.63, 3.8) is 0 Å². The van der Waals surface area contributed by atoms with Crippen molar-refractivity contribution in [1.82, 2.24) is 19.7 Å². The fourth-order valence-electron chi connectivity index (χ4n) is 3.84. The van der Waals surface area contributed by atoms with E-state index in [1.807, 2.05) is 85.3 Å². The van der Waals surface area contributed by atoms with Gasteiger partial charge in [0.25, 0.3) is 0 Å². The van der Waals surface area contributed by atoms with Gasteiger partial charge < -0.3 is 9.88 Å². The topological polar surface area (TPSA) is 72.7 Å². The molecule has 1 atom stereocenters. The molecule has 2 aromatic heterocycles. The van der Waals surface area contributed by atoms with E-state index in [2.05, 4.69) is 15.5 Å². The van der Waals surface area contributed by atoms with Gasteiger partial charge in [-0.2, -0.15) is 0 Å². The van der Waals surface area contributed by atoms with E-state index in [-0.39, 0.29) is 11.2 Å². The van der Waals surface area contributed by atoms with Gasteiger partial charge in [0.05, 0.1) is 10.8 Å². The highest BCUT2D eigenvalue weighted by atomic mass is 32.2. The molecule has 1 N–H and O–H groups in total. The summed E-state index contributed by atoms with van der Waals surface area (Å²) in [5.41, 5.74) is 3.41. The van der Waals surface area contributed by atoms with Gasteiger partial charge in [-0.15, -0.1) is 10.2 Å². The molecule has 3 aromatic carbocycles. The van der Waals surface area contributed by atoms with Crippen LogP contribution in [0.1, 0.15) is 13.3 Å². The van der Waals surface area contributed by atoms with Crippen LogP contribution in [0, 0.1) is 0 Å². The third kappa shape index (κ3) is 3.51. The quantitative estimate of drug-likeness (QED) is 0.391. The number of amides is 1. The predicted molar refractivity (Wildman–Crippen MR) is 126 cm³/mol. The van der Waals surface area contributed by atoms with Gasteiger partial charge in [0.1, 0.15) is 5.52 Å². The number of anilines is 1. The molecule has 1 unspecified atom stereocenters. The highest BCUT2D eigenvalue weighted by Gasteiger charge is 2.21. The number of aromatic nitrogens is 4. The van der Waals surface area contributed by atoms with Crippen molar-refractivity contribution in [3.05, 3.63) is 66.7 Å². The summed E-state index contributed by atoms with van der Waals surface area (Å²) < 4.78 is 2.01. The van der Waals surface area contributed by atoms with Crippen molar-refractivity contribution in [2.45, 2.75) is 23.8 Å². The SMILES string of the molecule is CCC(Sc1nnc2c3ccccc3n(C)c2n1)C(=O)Nc1cccc2ccccc12. The summed E-state index contributed by atoms with van der Waals surface area (Å²) in [6.45, 7) is 1.99. The Morgan fingerprint density at radius 3 is 2.58 bits per heavy atom. The van der Waals surface area contributed by atoms with Gasteiger partial charge in [-0.05, 0) is 23.9 Å². The van der Waals surface area contributed by atoms with Crippen LogP contribution in [0.4, 0.5) is 5.69 Å². The van der Waals surface area contributed by atoms with Crippen LogP contribution >= 0.6 is 11.8 Å². The van der Waals surface area contributed by atoms with Gasteiger partial charge in [0.2, 0.25) is 11.1 Å². The van der Waals surface area contributed by atoms with E-state index in [9.17, 15) is 4.79 Å². The molecule has 0 fully saturated rings. The lowest BCUT2D eigenvalue weighted by atomic mass is 10.1. The Hall–Kier alpha value is -3.45. The minimum atomic E-state index is -0.326. The van der Waals surface area contributed by atoms with Crippen LogP contribution < -0.4 is 5.32 Å². The number of rotatable bonds is 5. The second kappa shape index (κ2) is 8.00. The van der Waals surface area contributed by atoms with E-state index < -0.39 is 0 Å². The summed E-state index contributed by atoms with van der Waals surface area (Å²) in [4.78, 5) is 17.8. The fraction of sp³-hybridized carbons (Fsp3) is 0.167. The van der Waals surface area contributed by atoms with Crippen molar-refractivity contribution in [1.29, 1.82) is 0 Å². The lowest BCUT2D eigenvalue weighted by Gasteiger charge is -2.15. The zero-order valence-corrected chi connectivity index (χ0v) is 18.1. The molecule has 154 valence electrons. The Balaban J connectivity index is 1.42. The van der Waals surface area contributed by atoms with Gasteiger partial charge in [-0.1, -0.05) is 73.3 Å². The number of thioether (sulfide) groups is 1. The van der Waals surface area contributed by atoms with Crippen molar-refractivity contribution < 1.29 is 4.79 Å². The molecule has 0 spiro atoms. The number of hydrogen-bond donors (Lipinski definition) is 1. The van der Waals surface area contributed by atoms with Gasteiger partial charge in [-0.3, -0.25) is 4.79 Å². The first-order valence-corrected chi connectivity index (χ1v) is 11.1. The molecule has 0 aliphatic heterocycles. The van der Waals surface area contributed by atoms with E-state index in [4.69, 9.17) is 4.98 Å². The summed E-state index contributed by atoms with van der Waals surface area (Å²) in [5, 5.41) is 15.1. The maximum absolute atomic E-state index is 13.1. The van der Waals surface area contributed by atoms with Gasteiger partial charge >= 0.3 is 0 Å². The van der Waals surface area contributed by atoms with Crippen LogP contribution in [-0.2, 0) is 11.8 Å². The molecule has 0 bridgehead atoms. The van der Waals surface area contributed by atoms with Crippen LogP contribution in [0.2, 0.25) is 0 Å². The molecule has 1 amide bonds. The Kier molecular flexibility index (Phi) is 5.03. The lowest BCUT2D eigenvalue weighted by molar-refractivity contribution is -0.115. The standard InChI is InChI=1S/C24H21N5OS/c1-3-20(23(30)25-18-13-8-10-15-9-4-5-11-16(15)18)31-24-26-22-21(27-28-24)17-12-6-7-14-19(17)29(22)2/h4-14,20H,3H2,1-2H3,(H,25,30). The number of nitrogens with one attached hydrogen (secondary N) is 1. The summed E-state index contributed by atoms with van der Waals surface area (Å²) in [6.07, 6.45) is 0.651. The van der Waals surface area contributed by atoms with Gasteiger partial charge in [-0.25, -0.2) is 4.98 Å². The van der Waals surface area contributed by atoms with Crippen LogP contribution in [0.5, 0.6) is 0 Å². The first-order valence-electron chi connectivity index (χ1n) is 10.2. The number of carbonyl (C=O) groups is 1. The molecule has 6 nitrogen and oxygen atoms in total. The van der Waals surface area contributed by atoms with E-state index in [1.165, 1.54) is 11.8 Å². The van der Waals surface area contributed by atoms with Gasteiger partial charge in [0.15, 0.2) is 5.65 Å². The molecule has 0 radical (unpaired) electrons. The molecule has 7 heteroatoms. The molecular weight excluding hydrogens is 406 g/mol. The zero-order chi connectivity index (χ0) is 21.4. The summed E-state index contributed by atoms with van der Waals surface area (Å²) in [6, 6.07) is 22.0. The Morgan fingerprint density at radius 2 is 1.74 bits per heavy atom. The molecule has 0 saturated heterocycles. The number of nitrogens with zero attached hydrogens (tertiary/aromatic N) is 4. The first-order chi connectivity index (χ1) is 15.2. The molecule has 0 aliphatic rings. The number of fused-ring (bicyclic) bond motifs is 4. The van der Waals surface area contributed by atoms with Crippen LogP contribution in [0.25, 0.3) is 32.8 Å². The molecule has 2 heterocycles. The van der Waals surface area contributed by atoms with Crippen molar-refractivity contribution in [2.75, 3.05) is 5.32 Å². The average Bonchev–Trinajstić information content (AvgIpc) is 3.09. The van der Waals surface area contributed by atoms with E-state index in [0.29, 0.717) is 11.6 Å². The first kappa shape index (κ1) is 19.5.